The number of hydrogen-bond acceptors (Lipinski definition) is 3. The van der Waals surface area contributed by atoms with Crippen molar-refractivity contribution >= 4 is 33.0 Å². The van der Waals surface area contributed by atoms with E-state index >= 15 is 0 Å². The standard InChI is InChI=1S/C11H8BrNOS/c1-7-4-8(6-13-5-7)10(14)11-9(12)2-3-15-11/h2-6H,1H3. The molecule has 15 heavy (non-hydrogen) atoms. The van der Waals surface area contributed by atoms with Gasteiger partial charge < -0.3 is 0 Å². The first-order valence-corrected chi connectivity index (χ1v) is 6.05. The van der Waals surface area contributed by atoms with Gasteiger partial charge in [-0.05, 0) is 45.9 Å². The molecule has 0 radical (unpaired) electrons. The van der Waals surface area contributed by atoms with Gasteiger partial charge in [0.25, 0.3) is 0 Å². The van der Waals surface area contributed by atoms with Crippen LogP contribution in [0.25, 0.3) is 0 Å². The van der Waals surface area contributed by atoms with E-state index in [2.05, 4.69) is 20.9 Å². The zero-order valence-corrected chi connectivity index (χ0v) is 10.4. The maximum Gasteiger partial charge on any atom is 0.205 e. The molecule has 0 amide bonds. The molecule has 0 N–H and O–H groups in total. The molecule has 2 aromatic heterocycles. The number of hydrogen-bond donors (Lipinski definition) is 0. The van der Waals surface area contributed by atoms with Crippen molar-refractivity contribution < 1.29 is 4.79 Å². The summed E-state index contributed by atoms with van der Waals surface area (Å²) in [5.74, 6) is 0.0214. The lowest BCUT2D eigenvalue weighted by atomic mass is 10.1. The van der Waals surface area contributed by atoms with E-state index in [-0.39, 0.29) is 5.78 Å². The van der Waals surface area contributed by atoms with E-state index in [0.29, 0.717) is 5.56 Å². The third kappa shape index (κ3) is 2.16. The molecule has 2 aromatic rings. The Morgan fingerprint density at radius 3 is 2.87 bits per heavy atom. The quantitative estimate of drug-likeness (QED) is 0.790. The molecule has 0 fully saturated rings. The molecule has 0 bridgehead atoms. The lowest BCUT2D eigenvalue weighted by Gasteiger charge is -1.99. The molecule has 0 atom stereocenters. The van der Waals surface area contributed by atoms with Gasteiger partial charge in [-0.15, -0.1) is 11.3 Å². The Hall–Kier alpha value is -1.00. The molecule has 0 saturated heterocycles. The fraction of sp³-hybridized carbons (Fsp3) is 0.0909. The van der Waals surface area contributed by atoms with Gasteiger partial charge in [0.05, 0.1) is 4.88 Å². The fourth-order valence-electron chi connectivity index (χ4n) is 1.27. The number of carbonyl (C=O) groups is 1. The topological polar surface area (TPSA) is 30.0 Å². The molecule has 0 spiro atoms. The van der Waals surface area contributed by atoms with Gasteiger partial charge in [0.2, 0.25) is 5.78 Å². The van der Waals surface area contributed by atoms with Crippen LogP contribution in [0.3, 0.4) is 0 Å². The first-order chi connectivity index (χ1) is 7.18. The maximum absolute atomic E-state index is 12.0. The summed E-state index contributed by atoms with van der Waals surface area (Å²) in [4.78, 5) is 16.8. The van der Waals surface area contributed by atoms with Crippen LogP contribution in [-0.2, 0) is 0 Å². The summed E-state index contributed by atoms with van der Waals surface area (Å²) in [6.07, 6.45) is 3.34. The first kappa shape index (κ1) is 10.5. The van der Waals surface area contributed by atoms with E-state index < -0.39 is 0 Å². The second kappa shape index (κ2) is 4.24. The van der Waals surface area contributed by atoms with E-state index in [1.165, 1.54) is 11.3 Å². The minimum atomic E-state index is 0.0214. The normalized spacial score (nSPS) is 10.3. The van der Waals surface area contributed by atoms with Gasteiger partial charge in [0, 0.05) is 22.4 Å². The zero-order chi connectivity index (χ0) is 10.8. The van der Waals surface area contributed by atoms with Crippen molar-refractivity contribution in [2.24, 2.45) is 0 Å². The fourth-order valence-corrected chi connectivity index (χ4v) is 2.78. The molecule has 0 unspecified atom stereocenters. The summed E-state index contributed by atoms with van der Waals surface area (Å²) in [6, 6.07) is 3.72. The van der Waals surface area contributed by atoms with Gasteiger partial charge in [-0.25, -0.2) is 0 Å². The molecule has 0 aliphatic rings. The molecule has 0 saturated carbocycles. The van der Waals surface area contributed by atoms with E-state index in [1.54, 1.807) is 12.4 Å². The van der Waals surface area contributed by atoms with E-state index in [9.17, 15) is 4.79 Å². The summed E-state index contributed by atoms with van der Waals surface area (Å²) in [5, 5.41) is 1.89. The van der Waals surface area contributed by atoms with Crippen molar-refractivity contribution in [1.29, 1.82) is 0 Å². The number of ketones is 1. The average molecular weight is 282 g/mol. The van der Waals surface area contributed by atoms with Crippen LogP contribution in [-0.4, -0.2) is 10.8 Å². The molecule has 2 nitrogen and oxygen atoms in total. The van der Waals surface area contributed by atoms with Crippen molar-refractivity contribution in [1.82, 2.24) is 4.98 Å². The Labute approximate surface area is 100 Å². The molecular formula is C11H8BrNOS. The zero-order valence-electron chi connectivity index (χ0n) is 8.03. The van der Waals surface area contributed by atoms with Crippen molar-refractivity contribution in [3.05, 3.63) is 50.4 Å². The van der Waals surface area contributed by atoms with Crippen LogP contribution in [0.1, 0.15) is 20.8 Å². The Kier molecular flexibility index (Phi) is 2.98. The second-order valence-corrected chi connectivity index (χ2v) is 4.95. The number of rotatable bonds is 2. The van der Waals surface area contributed by atoms with E-state index in [4.69, 9.17) is 0 Å². The van der Waals surface area contributed by atoms with Gasteiger partial charge in [0.15, 0.2) is 0 Å². The first-order valence-electron chi connectivity index (χ1n) is 4.38. The number of thiophene rings is 1. The minimum absolute atomic E-state index is 0.0214. The van der Waals surface area contributed by atoms with E-state index in [1.807, 2.05) is 24.4 Å². The third-order valence-electron chi connectivity index (χ3n) is 1.96. The van der Waals surface area contributed by atoms with Crippen LogP contribution in [0.4, 0.5) is 0 Å². The summed E-state index contributed by atoms with van der Waals surface area (Å²) >= 11 is 4.79. The highest BCUT2D eigenvalue weighted by molar-refractivity contribution is 9.10. The summed E-state index contributed by atoms with van der Waals surface area (Å²) < 4.78 is 0.846. The van der Waals surface area contributed by atoms with Crippen LogP contribution < -0.4 is 0 Å². The number of nitrogens with zero attached hydrogens (tertiary/aromatic N) is 1. The molecule has 0 aliphatic heterocycles. The lowest BCUT2D eigenvalue weighted by Crippen LogP contribution is -2.00. The Morgan fingerprint density at radius 2 is 2.27 bits per heavy atom. The van der Waals surface area contributed by atoms with Crippen LogP contribution in [0.15, 0.2) is 34.4 Å². The SMILES string of the molecule is Cc1cncc(C(=O)c2sccc2Br)c1. The smallest absolute Gasteiger partial charge is 0.205 e. The number of carbonyl (C=O) groups excluding carboxylic acids is 1. The number of aryl methyl sites for hydroxylation is 1. The van der Waals surface area contributed by atoms with Crippen molar-refractivity contribution in [2.75, 3.05) is 0 Å². The average Bonchev–Trinajstić information content (AvgIpc) is 2.63. The Bertz CT molecular complexity index is 507. The number of aromatic nitrogens is 1. The monoisotopic (exact) mass is 281 g/mol. The summed E-state index contributed by atoms with van der Waals surface area (Å²) in [5.41, 5.74) is 1.63. The molecule has 76 valence electrons. The summed E-state index contributed by atoms with van der Waals surface area (Å²) in [7, 11) is 0. The predicted octanol–water partition coefficient (Wildman–Crippen LogP) is 3.45. The van der Waals surface area contributed by atoms with Gasteiger partial charge in [0.1, 0.15) is 0 Å². The van der Waals surface area contributed by atoms with Gasteiger partial charge >= 0.3 is 0 Å². The van der Waals surface area contributed by atoms with Gasteiger partial charge in [-0.2, -0.15) is 0 Å². The predicted molar refractivity (Wildman–Crippen MR) is 64.4 cm³/mol. The third-order valence-corrected chi connectivity index (χ3v) is 3.80. The van der Waals surface area contributed by atoms with Crippen molar-refractivity contribution in [3.8, 4) is 0 Å². The molecule has 0 aromatic carbocycles. The molecule has 2 rings (SSSR count). The van der Waals surface area contributed by atoms with E-state index in [0.717, 1.165) is 14.9 Å². The maximum atomic E-state index is 12.0. The molecular weight excluding hydrogens is 274 g/mol. The van der Waals surface area contributed by atoms with Crippen molar-refractivity contribution in [2.45, 2.75) is 6.92 Å². The summed E-state index contributed by atoms with van der Waals surface area (Å²) in [6.45, 7) is 1.92. The van der Waals surface area contributed by atoms with Crippen LogP contribution in [0.2, 0.25) is 0 Å². The number of pyridine rings is 1. The second-order valence-electron chi connectivity index (χ2n) is 3.18. The lowest BCUT2D eigenvalue weighted by molar-refractivity contribution is 0.104. The van der Waals surface area contributed by atoms with Crippen LogP contribution in [0, 0.1) is 6.92 Å². The molecule has 0 aliphatic carbocycles. The highest BCUT2D eigenvalue weighted by Gasteiger charge is 2.14. The van der Waals surface area contributed by atoms with Crippen molar-refractivity contribution in [3.63, 3.8) is 0 Å². The minimum Gasteiger partial charge on any atom is -0.288 e. The molecule has 2 heterocycles. The number of halogens is 1. The van der Waals surface area contributed by atoms with Crippen LogP contribution >= 0.6 is 27.3 Å². The Morgan fingerprint density at radius 1 is 1.47 bits per heavy atom. The molecule has 4 heteroatoms. The Balaban J connectivity index is 2.41. The highest BCUT2D eigenvalue weighted by Crippen LogP contribution is 2.25. The largest absolute Gasteiger partial charge is 0.288 e. The highest BCUT2D eigenvalue weighted by atomic mass is 79.9. The van der Waals surface area contributed by atoms with Gasteiger partial charge in [-0.3, -0.25) is 9.78 Å². The van der Waals surface area contributed by atoms with Gasteiger partial charge in [-0.1, -0.05) is 0 Å². The van der Waals surface area contributed by atoms with Crippen LogP contribution in [0.5, 0.6) is 0 Å².